The van der Waals surface area contributed by atoms with Gasteiger partial charge in [-0.3, -0.25) is 14.6 Å². The quantitative estimate of drug-likeness (QED) is 0.844. The highest BCUT2D eigenvalue weighted by molar-refractivity contribution is 5.78. The van der Waals surface area contributed by atoms with E-state index in [0.717, 1.165) is 44.2 Å². The molecule has 3 rings (SSSR count). The predicted octanol–water partition coefficient (Wildman–Crippen LogP) is 1.36. The first-order chi connectivity index (χ1) is 12.1. The van der Waals surface area contributed by atoms with Gasteiger partial charge in [0.25, 0.3) is 0 Å². The first-order valence-corrected chi connectivity index (χ1v) is 8.67. The molecule has 1 fully saturated rings. The second kappa shape index (κ2) is 8.26. The van der Waals surface area contributed by atoms with Crippen molar-refractivity contribution in [2.45, 2.75) is 32.9 Å². The number of hydrogen-bond acceptors (Lipinski definition) is 7. The monoisotopic (exact) mass is 347 g/mol. The van der Waals surface area contributed by atoms with Crippen LogP contribution in [-0.2, 0) is 11.3 Å². The maximum absolute atomic E-state index is 12.3. The van der Waals surface area contributed by atoms with Crippen LogP contribution in [0.4, 0.5) is 0 Å². The molecule has 0 saturated carbocycles. The van der Waals surface area contributed by atoms with E-state index >= 15 is 0 Å². The minimum absolute atomic E-state index is 0.0196. The van der Waals surface area contributed by atoms with Crippen LogP contribution in [0.5, 0.6) is 0 Å². The van der Waals surface area contributed by atoms with Crippen molar-refractivity contribution >= 4 is 5.91 Å². The zero-order chi connectivity index (χ0) is 17.6. The number of aryl methyl sites for hydroxylation is 1. The molecule has 0 aliphatic carbocycles. The van der Waals surface area contributed by atoms with Gasteiger partial charge in [-0.2, -0.15) is 4.98 Å². The highest BCUT2D eigenvalue weighted by Gasteiger charge is 2.20. The SMILES string of the molecule is Cc1nc(CN2CCCN(CC(=O)NC(C)c3ccco3)CC2)no1. The molecule has 0 bridgehead atoms. The third-order valence-electron chi connectivity index (χ3n) is 4.33. The molecule has 136 valence electrons. The van der Waals surface area contributed by atoms with Crippen LogP contribution in [0, 0.1) is 6.92 Å². The Hall–Kier alpha value is -2.19. The molecule has 1 atom stereocenters. The summed E-state index contributed by atoms with van der Waals surface area (Å²) in [6.45, 7) is 8.41. The lowest BCUT2D eigenvalue weighted by Gasteiger charge is -2.21. The van der Waals surface area contributed by atoms with E-state index in [1.807, 2.05) is 19.1 Å². The zero-order valence-corrected chi connectivity index (χ0v) is 14.8. The molecule has 25 heavy (non-hydrogen) atoms. The average molecular weight is 347 g/mol. The average Bonchev–Trinajstić information content (AvgIpc) is 3.19. The molecular weight excluding hydrogens is 322 g/mol. The molecular formula is C17H25N5O3. The molecule has 1 N–H and O–H groups in total. The molecule has 8 nitrogen and oxygen atoms in total. The number of carbonyl (C=O) groups excluding carboxylic acids is 1. The van der Waals surface area contributed by atoms with Gasteiger partial charge in [-0.05, 0) is 38.6 Å². The van der Waals surface area contributed by atoms with Crippen LogP contribution in [0.2, 0.25) is 0 Å². The third kappa shape index (κ3) is 5.14. The molecule has 2 aromatic heterocycles. The summed E-state index contributed by atoms with van der Waals surface area (Å²) >= 11 is 0. The molecule has 2 aromatic rings. The van der Waals surface area contributed by atoms with Crippen LogP contribution in [0.3, 0.4) is 0 Å². The van der Waals surface area contributed by atoms with Gasteiger partial charge in [0.15, 0.2) is 5.82 Å². The topological polar surface area (TPSA) is 87.6 Å². The van der Waals surface area contributed by atoms with Gasteiger partial charge in [-0.25, -0.2) is 0 Å². The van der Waals surface area contributed by atoms with Crippen LogP contribution in [0.1, 0.15) is 36.9 Å². The Bertz CT molecular complexity index is 670. The van der Waals surface area contributed by atoms with Crippen molar-refractivity contribution in [3.8, 4) is 0 Å². The third-order valence-corrected chi connectivity index (χ3v) is 4.33. The fourth-order valence-corrected chi connectivity index (χ4v) is 3.05. The molecule has 1 aliphatic rings. The second-order valence-electron chi connectivity index (χ2n) is 6.44. The molecule has 1 saturated heterocycles. The van der Waals surface area contributed by atoms with E-state index in [4.69, 9.17) is 8.94 Å². The van der Waals surface area contributed by atoms with Gasteiger partial charge < -0.3 is 14.3 Å². The molecule has 1 aliphatic heterocycles. The Morgan fingerprint density at radius 2 is 2.12 bits per heavy atom. The van der Waals surface area contributed by atoms with Crippen molar-refractivity contribution in [2.24, 2.45) is 0 Å². The van der Waals surface area contributed by atoms with Gasteiger partial charge in [0.2, 0.25) is 11.8 Å². The summed E-state index contributed by atoms with van der Waals surface area (Å²) in [7, 11) is 0. The highest BCUT2D eigenvalue weighted by atomic mass is 16.5. The fourth-order valence-electron chi connectivity index (χ4n) is 3.05. The van der Waals surface area contributed by atoms with Gasteiger partial charge in [0.05, 0.1) is 25.4 Å². The maximum atomic E-state index is 12.3. The molecule has 0 spiro atoms. The van der Waals surface area contributed by atoms with Crippen LogP contribution in [-0.4, -0.2) is 58.6 Å². The number of aromatic nitrogens is 2. The number of nitrogens with one attached hydrogen (secondary N) is 1. The number of carbonyl (C=O) groups is 1. The summed E-state index contributed by atoms with van der Waals surface area (Å²) < 4.78 is 10.3. The number of nitrogens with zero attached hydrogens (tertiary/aromatic N) is 4. The number of hydrogen-bond donors (Lipinski definition) is 1. The predicted molar refractivity (Wildman–Crippen MR) is 90.6 cm³/mol. The first kappa shape index (κ1) is 17.6. The van der Waals surface area contributed by atoms with Crippen LogP contribution >= 0.6 is 0 Å². The summed E-state index contributed by atoms with van der Waals surface area (Å²) in [5.74, 6) is 2.10. The van der Waals surface area contributed by atoms with Crippen LogP contribution < -0.4 is 5.32 Å². The summed E-state index contributed by atoms with van der Waals surface area (Å²) in [6.07, 6.45) is 2.63. The maximum Gasteiger partial charge on any atom is 0.234 e. The minimum atomic E-state index is -0.118. The van der Waals surface area contributed by atoms with Crippen LogP contribution in [0.15, 0.2) is 27.3 Å². The Morgan fingerprint density at radius 1 is 1.32 bits per heavy atom. The van der Waals surface area contributed by atoms with Gasteiger partial charge in [-0.15, -0.1) is 0 Å². The Balaban J connectivity index is 1.44. The van der Waals surface area contributed by atoms with Crippen molar-refractivity contribution < 1.29 is 13.7 Å². The largest absolute Gasteiger partial charge is 0.467 e. The molecule has 1 amide bonds. The van der Waals surface area contributed by atoms with Crippen molar-refractivity contribution in [1.29, 1.82) is 0 Å². The van der Waals surface area contributed by atoms with E-state index in [1.165, 1.54) is 0 Å². The lowest BCUT2D eigenvalue weighted by atomic mass is 10.2. The standard InChI is InChI=1S/C17H25N5O3/c1-13(15-5-3-10-24-15)18-17(23)12-22-7-4-6-21(8-9-22)11-16-19-14(2)25-20-16/h3,5,10,13H,4,6-9,11-12H2,1-2H3,(H,18,23). The highest BCUT2D eigenvalue weighted by Crippen LogP contribution is 2.12. The van der Waals surface area contributed by atoms with Crippen molar-refractivity contribution in [2.75, 3.05) is 32.7 Å². The fraction of sp³-hybridized carbons (Fsp3) is 0.588. The number of amides is 1. The van der Waals surface area contributed by atoms with E-state index in [-0.39, 0.29) is 11.9 Å². The Kier molecular flexibility index (Phi) is 5.83. The smallest absolute Gasteiger partial charge is 0.234 e. The number of furan rings is 1. The molecule has 0 aromatic carbocycles. The van der Waals surface area contributed by atoms with Gasteiger partial charge in [0, 0.05) is 20.0 Å². The summed E-state index contributed by atoms with van der Waals surface area (Å²) in [6, 6.07) is 3.58. The lowest BCUT2D eigenvalue weighted by molar-refractivity contribution is -0.123. The van der Waals surface area contributed by atoms with Crippen LogP contribution in [0.25, 0.3) is 0 Å². The summed E-state index contributed by atoms with van der Waals surface area (Å²) in [5.41, 5.74) is 0. The molecule has 3 heterocycles. The Morgan fingerprint density at radius 3 is 2.84 bits per heavy atom. The Labute approximate surface area is 147 Å². The summed E-state index contributed by atoms with van der Waals surface area (Å²) in [4.78, 5) is 21.0. The van der Waals surface area contributed by atoms with Crippen molar-refractivity contribution in [3.63, 3.8) is 0 Å². The first-order valence-electron chi connectivity index (χ1n) is 8.67. The van der Waals surface area contributed by atoms with E-state index in [9.17, 15) is 4.79 Å². The van der Waals surface area contributed by atoms with Gasteiger partial charge in [-0.1, -0.05) is 5.16 Å². The molecule has 1 unspecified atom stereocenters. The van der Waals surface area contributed by atoms with E-state index in [2.05, 4.69) is 25.3 Å². The van der Waals surface area contributed by atoms with Crippen molar-refractivity contribution in [3.05, 3.63) is 35.9 Å². The molecule has 0 radical (unpaired) electrons. The van der Waals surface area contributed by atoms with E-state index in [0.29, 0.717) is 19.0 Å². The summed E-state index contributed by atoms with van der Waals surface area (Å²) in [5, 5.41) is 6.93. The normalized spacial score (nSPS) is 18.0. The number of rotatable bonds is 6. The minimum Gasteiger partial charge on any atom is -0.467 e. The lowest BCUT2D eigenvalue weighted by Crippen LogP contribution is -2.40. The second-order valence-corrected chi connectivity index (χ2v) is 6.44. The zero-order valence-electron chi connectivity index (χ0n) is 14.8. The molecule has 8 heteroatoms. The van der Waals surface area contributed by atoms with E-state index in [1.54, 1.807) is 13.2 Å². The van der Waals surface area contributed by atoms with Gasteiger partial charge in [0.1, 0.15) is 5.76 Å². The van der Waals surface area contributed by atoms with E-state index < -0.39 is 0 Å². The van der Waals surface area contributed by atoms with Gasteiger partial charge >= 0.3 is 0 Å². The van der Waals surface area contributed by atoms with Crippen molar-refractivity contribution in [1.82, 2.24) is 25.3 Å².